The molecule has 2 aromatic carbocycles. The molecule has 2 aromatic rings. The van der Waals surface area contributed by atoms with Gasteiger partial charge in [0.1, 0.15) is 0 Å². The normalized spacial score (nSPS) is 17.3. The summed E-state index contributed by atoms with van der Waals surface area (Å²) in [4.78, 5) is 2.31. The fourth-order valence-electron chi connectivity index (χ4n) is 3.05. The van der Waals surface area contributed by atoms with E-state index >= 15 is 0 Å². The molecule has 0 spiro atoms. The van der Waals surface area contributed by atoms with Gasteiger partial charge in [-0.3, -0.25) is 0 Å². The molecule has 0 N–H and O–H groups in total. The summed E-state index contributed by atoms with van der Waals surface area (Å²) in [5, 5.41) is 2.93. The average Bonchev–Trinajstić information content (AvgIpc) is 2.51. The Morgan fingerprint density at radius 3 is 1.75 bits per heavy atom. The first-order valence-corrected chi connectivity index (χ1v) is 9.11. The number of benzene rings is 2. The molecule has 2 nitrogen and oxygen atoms in total. The summed E-state index contributed by atoms with van der Waals surface area (Å²) in [5.41, 5.74) is 0. The van der Waals surface area contributed by atoms with E-state index in [1.165, 1.54) is 10.4 Å². The van der Waals surface area contributed by atoms with E-state index in [-0.39, 0.29) is 0 Å². The van der Waals surface area contributed by atoms with Crippen LogP contribution < -0.4 is 10.4 Å². The highest BCUT2D eigenvalue weighted by Crippen LogP contribution is 2.16. The summed E-state index contributed by atoms with van der Waals surface area (Å²) in [6, 6.07) is 21.9. The van der Waals surface area contributed by atoms with Crippen molar-refractivity contribution in [3.8, 4) is 0 Å². The van der Waals surface area contributed by atoms with Crippen LogP contribution in [0.3, 0.4) is 0 Å². The summed E-state index contributed by atoms with van der Waals surface area (Å²) >= 11 is 0. The first-order chi connectivity index (χ1) is 9.73. The van der Waals surface area contributed by atoms with Gasteiger partial charge in [-0.1, -0.05) is 60.7 Å². The minimum atomic E-state index is -1.93. The van der Waals surface area contributed by atoms with E-state index in [4.69, 9.17) is 0 Å². The first kappa shape index (κ1) is 13.0. The molecule has 1 aliphatic rings. The van der Waals surface area contributed by atoms with Crippen molar-refractivity contribution in [3.05, 3.63) is 73.1 Å². The highest BCUT2D eigenvalue weighted by molar-refractivity contribution is 7.00. The maximum atomic E-state index is 2.46. The highest BCUT2D eigenvalue weighted by Gasteiger charge is 2.43. The Bertz CT molecular complexity index is 555. The molecule has 0 saturated carbocycles. The van der Waals surface area contributed by atoms with Gasteiger partial charge in [0.05, 0.1) is 0 Å². The third-order valence-electron chi connectivity index (χ3n) is 4.13. The van der Waals surface area contributed by atoms with Crippen LogP contribution in [0, 0.1) is 0 Å². The topological polar surface area (TPSA) is 6.48 Å². The lowest BCUT2D eigenvalue weighted by molar-refractivity contribution is 0.471. The van der Waals surface area contributed by atoms with Crippen molar-refractivity contribution < 1.29 is 0 Å². The van der Waals surface area contributed by atoms with Gasteiger partial charge in [-0.25, -0.2) is 0 Å². The monoisotopic (exact) mass is 280 g/mol. The Kier molecular flexibility index (Phi) is 3.36. The van der Waals surface area contributed by atoms with Crippen LogP contribution in [0.4, 0.5) is 0 Å². The van der Waals surface area contributed by atoms with Gasteiger partial charge in [0.15, 0.2) is 0 Å². The molecule has 102 valence electrons. The maximum Gasteiger partial charge on any atom is 0.239 e. The third-order valence-corrected chi connectivity index (χ3v) is 9.01. The maximum absolute atomic E-state index is 2.46. The van der Waals surface area contributed by atoms with Crippen molar-refractivity contribution in [3.63, 3.8) is 0 Å². The van der Waals surface area contributed by atoms with E-state index in [2.05, 4.69) is 96.6 Å². The third kappa shape index (κ3) is 2.04. The standard InChI is InChI=1S/C17H20N2Si/c1-18-13-14-19(2)20(15-18,16-9-5-3-6-10-16)17-11-7-4-8-12-17/h3-14H,15H2,1-2H3. The van der Waals surface area contributed by atoms with Gasteiger partial charge in [0, 0.05) is 25.6 Å². The first-order valence-electron chi connectivity index (χ1n) is 6.96. The summed E-state index contributed by atoms with van der Waals surface area (Å²) in [7, 11) is 2.45. The molecule has 0 amide bonds. The molecule has 0 aliphatic carbocycles. The highest BCUT2D eigenvalue weighted by atomic mass is 28.3. The zero-order chi connectivity index (χ0) is 14.0. The molecule has 0 unspecified atom stereocenters. The van der Waals surface area contributed by atoms with Crippen molar-refractivity contribution in [1.82, 2.24) is 9.47 Å². The molecule has 1 aliphatic heterocycles. The van der Waals surface area contributed by atoms with E-state index in [1.54, 1.807) is 0 Å². The quantitative estimate of drug-likeness (QED) is 0.772. The van der Waals surface area contributed by atoms with E-state index in [1.807, 2.05) is 0 Å². The van der Waals surface area contributed by atoms with Crippen LogP contribution in [0.1, 0.15) is 0 Å². The van der Waals surface area contributed by atoms with Crippen LogP contribution in [0.25, 0.3) is 0 Å². The van der Waals surface area contributed by atoms with Crippen LogP contribution >= 0.6 is 0 Å². The van der Waals surface area contributed by atoms with Gasteiger partial charge in [-0.15, -0.1) is 0 Å². The largest absolute Gasteiger partial charge is 0.396 e. The van der Waals surface area contributed by atoms with Crippen LogP contribution in [0.15, 0.2) is 73.1 Å². The van der Waals surface area contributed by atoms with Gasteiger partial charge >= 0.3 is 0 Å². The van der Waals surface area contributed by atoms with Gasteiger partial charge in [0.2, 0.25) is 8.24 Å². The molecule has 20 heavy (non-hydrogen) atoms. The molecular weight excluding hydrogens is 260 g/mol. The second kappa shape index (κ2) is 5.17. The smallest absolute Gasteiger partial charge is 0.239 e. The molecule has 0 radical (unpaired) electrons. The molecule has 1 heterocycles. The second-order valence-electron chi connectivity index (χ2n) is 5.42. The number of rotatable bonds is 2. The number of hydrogen-bond acceptors (Lipinski definition) is 2. The second-order valence-corrected chi connectivity index (χ2v) is 9.31. The summed E-state index contributed by atoms with van der Waals surface area (Å²) in [6.45, 7) is 0. The summed E-state index contributed by atoms with van der Waals surface area (Å²) < 4.78 is 2.46. The lowest BCUT2D eigenvalue weighted by Crippen LogP contribution is -2.73. The molecule has 3 heteroatoms. The Hall–Kier alpha value is -2.00. The van der Waals surface area contributed by atoms with Crippen molar-refractivity contribution in [2.45, 2.75) is 0 Å². The Labute approximate surface area is 122 Å². The van der Waals surface area contributed by atoms with Crippen molar-refractivity contribution in [2.75, 3.05) is 20.3 Å². The lowest BCUT2D eigenvalue weighted by Gasteiger charge is -2.45. The van der Waals surface area contributed by atoms with Crippen LogP contribution in [0.5, 0.6) is 0 Å². The van der Waals surface area contributed by atoms with E-state index < -0.39 is 8.24 Å². The van der Waals surface area contributed by atoms with E-state index in [0.29, 0.717) is 0 Å². The predicted molar refractivity (Wildman–Crippen MR) is 87.4 cm³/mol. The minimum Gasteiger partial charge on any atom is -0.396 e. The van der Waals surface area contributed by atoms with Gasteiger partial charge in [-0.2, -0.15) is 0 Å². The number of hydrogen-bond donors (Lipinski definition) is 0. The van der Waals surface area contributed by atoms with E-state index in [0.717, 1.165) is 6.17 Å². The molecule has 0 atom stereocenters. The summed E-state index contributed by atoms with van der Waals surface area (Å²) in [6.07, 6.45) is 5.46. The fourth-order valence-corrected chi connectivity index (χ4v) is 7.42. The lowest BCUT2D eigenvalue weighted by atomic mass is 10.4. The molecule has 0 bridgehead atoms. The molecular formula is C17H20N2Si. The van der Waals surface area contributed by atoms with Gasteiger partial charge in [-0.05, 0) is 17.4 Å². The molecule has 0 saturated heterocycles. The zero-order valence-corrected chi connectivity index (χ0v) is 13.0. The van der Waals surface area contributed by atoms with Crippen molar-refractivity contribution in [1.29, 1.82) is 0 Å². The van der Waals surface area contributed by atoms with Gasteiger partial charge < -0.3 is 9.47 Å². The Morgan fingerprint density at radius 2 is 1.25 bits per heavy atom. The molecule has 3 rings (SSSR count). The average molecular weight is 280 g/mol. The Balaban J connectivity index is 2.21. The predicted octanol–water partition coefficient (Wildman–Crippen LogP) is 1.63. The van der Waals surface area contributed by atoms with Crippen LogP contribution in [0.2, 0.25) is 0 Å². The zero-order valence-electron chi connectivity index (χ0n) is 12.0. The van der Waals surface area contributed by atoms with E-state index in [9.17, 15) is 0 Å². The van der Waals surface area contributed by atoms with Crippen LogP contribution in [-0.4, -0.2) is 38.0 Å². The van der Waals surface area contributed by atoms with Crippen LogP contribution in [-0.2, 0) is 0 Å². The summed E-state index contributed by atoms with van der Waals surface area (Å²) in [5.74, 6) is 0. The molecule has 0 fully saturated rings. The minimum absolute atomic E-state index is 1.08. The van der Waals surface area contributed by atoms with Gasteiger partial charge in [0.25, 0.3) is 0 Å². The Morgan fingerprint density at radius 1 is 0.750 bits per heavy atom. The SMILES string of the molecule is CN1C=CN(C)[Si](c2ccccc2)(c2ccccc2)C1. The van der Waals surface area contributed by atoms with Crippen molar-refractivity contribution in [2.24, 2.45) is 0 Å². The molecule has 0 aromatic heterocycles. The fraction of sp³-hybridized carbons (Fsp3) is 0.176. The number of nitrogens with zero attached hydrogens (tertiary/aromatic N) is 2. The van der Waals surface area contributed by atoms with Crippen molar-refractivity contribution >= 4 is 18.6 Å².